The maximum absolute atomic E-state index is 13.9. The van der Waals surface area contributed by atoms with E-state index in [9.17, 15) is 12.8 Å². The second-order valence-electron chi connectivity index (χ2n) is 7.72. The molecule has 0 saturated carbocycles. The minimum Gasteiger partial charge on any atom is -0.290 e. The van der Waals surface area contributed by atoms with Crippen LogP contribution in [0.5, 0.6) is 0 Å². The SMILES string of the molecule is Cc1ccc(S(=O)(=O)N2CCN(C(c3ccccc3)c3ccc(Cl)cc3)CC2)cc1F. The Morgan fingerprint density at radius 2 is 1.48 bits per heavy atom. The Bertz CT molecular complexity index is 1150. The van der Waals surface area contributed by atoms with Crippen LogP contribution in [0.25, 0.3) is 0 Å². The Balaban J connectivity index is 1.56. The number of aryl methyl sites for hydroxylation is 1. The number of hydrogen-bond acceptors (Lipinski definition) is 3. The number of piperazine rings is 1. The Labute approximate surface area is 187 Å². The van der Waals surface area contributed by atoms with E-state index in [-0.39, 0.29) is 10.9 Å². The van der Waals surface area contributed by atoms with Crippen LogP contribution in [0.4, 0.5) is 4.39 Å². The van der Waals surface area contributed by atoms with Crippen molar-refractivity contribution >= 4 is 21.6 Å². The van der Waals surface area contributed by atoms with Crippen molar-refractivity contribution in [3.05, 3.63) is 100 Å². The molecule has 0 amide bonds. The average Bonchev–Trinajstić information content (AvgIpc) is 2.78. The lowest BCUT2D eigenvalue weighted by Crippen LogP contribution is -2.49. The van der Waals surface area contributed by atoms with Gasteiger partial charge in [-0.2, -0.15) is 4.31 Å². The first-order valence-corrected chi connectivity index (χ1v) is 12.0. The summed E-state index contributed by atoms with van der Waals surface area (Å²) in [6, 6.07) is 22.0. The van der Waals surface area contributed by atoms with Crippen LogP contribution < -0.4 is 0 Å². The molecule has 4 nitrogen and oxygen atoms in total. The van der Waals surface area contributed by atoms with E-state index in [1.54, 1.807) is 6.92 Å². The molecule has 4 rings (SSSR count). The molecule has 0 radical (unpaired) electrons. The molecule has 0 spiro atoms. The molecule has 7 heteroatoms. The maximum atomic E-state index is 13.9. The summed E-state index contributed by atoms with van der Waals surface area (Å²) in [4.78, 5) is 2.28. The largest absolute Gasteiger partial charge is 0.290 e. The van der Waals surface area contributed by atoms with Gasteiger partial charge in [0.2, 0.25) is 10.0 Å². The van der Waals surface area contributed by atoms with Crippen LogP contribution in [0, 0.1) is 12.7 Å². The quantitative estimate of drug-likeness (QED) is 0.547. The molecule has 0 N–H and O–H groups in total. The lowest BCUT2D eigenvalue weighted by molar-refractivity contribution is 0.156. The summed E-state index contributed by atoms with van der Waals surface area (Å²) in [6.45, 7) is 3.43. The van der Waals surface area contributed by atoms with Gasteiger partial charge in [-0.1, -0.05) is 60.1 Å². The van der Waals surface area contributed by atoms with Crippen molar-refractivity contribution in [2.75, 3.05) is 26.2 Å². The van der Waals surface area contributed by atoms with Crippen molar-refractivity contribution in [2.45, 2.75) is 17.9 Å². The van der Waals surface area contributed by atoms with Gasteiger partial charge in [0, 0.05) is 31.2 Å². The van der Waals surface area contributed by atoms with Crippen LogP contribution in [-0.2, 0) is 10.0 Å². The summed E-state index contributed by atoms with van der Waals surface area (Å²) in [5, 5.41) is 0.678. The van der Waals surface area contributed by atoms with E-state index in [2.05, 4.69) is 17.0 Å². The highest BCUT2D eigenvalue weighted by Gasteiger charge is 2.32. The number of sulfonamides is 1. The van der Waals surface area contributed by atoms with Gasteiger partial charge in [0.05, 0.1) is 10.9 Å². The van der Waals surface area contributed by atoms with E-state index >= 15 is 0 Å². The zero-order valence-corrected chi connectivity index (χ0v) is 18.8. The highest BCUT2D eigenvalue weighted by Crippen LogP contribution is 2.31. The smallest absolute Gasteiger partial charge is 0.243 e. The van der Waals surface area contributed by atoms with Crippen LogP contribution in [0.1, 0.15) is 22.7 Å². The summed E-state index contributed by atoms with van der Waals surface area (Å²) in [5.41, 5.74) is 2.67. The number of hydrogen-bond donors (Lipinski definition) is 0. The third-order valence-corrected chi connectivity index (χ3v) is 7.87. The van der Waals surface area contributed by atoms with Gasteiger partial charge < -0.3 is 0 Å². The summed E-state index contributed by atoms with van der Waals surface area (Å²) in [5.74, 6) is -0.508. The fourth-order valence-corrected chi connectivity index (χ4v) is 5.54. The third-order valence-electron chi connectivity index (χ3n) is 5.72. The molecule has 3 aromatic carbocycles. The molecule has 0 aromatic heterocycles. The molecule has 1 unspecified atom stereocenters. The normalized spacial score (nSPS) is 16.9. The Kier molecular flexibility index (Phi) is 6.44. The first kappa shape index (κ1) is 22.0. The molecule has 3 aromatic rings. The first-order valence-electron chi connectivity index (χ1n) is 10.2. The first-order chi connectivity index (χ1) is 14.9. The van der Waals surface area contributed by atoms with Crippen LogP contribution in [0.15, 0.2) is 77.7 Å². The van der Waals surface area contributed by atoms with Crippen LogP contribution >= 0.6 is 11.6 Å². The second-order valence-corrected chi connectivity index (χ2v) is 10.1. The molecule has 31 heavy (non-hydrogen) atoms. The molecule has 0 aliphatic carbocycles. The fraction of sp³-hybridized carbons (Fsp3) is 0.250. The zero-order chi connectivity index (χ0) is 22.0. The molecule has 1 atom stereocenters. The lowest BCUT2D eigenvalue weighted by atomic mass is 9.96. The highest BCUT2D eigenvalue weighted by atomic mass is 35.5. The standard InChI is InChI=1S/C24H24ClFN2O2S/c1-18-7-12-22(17-23(18)26)31(29,30)28-15-13-27(14-16-28)24(19-5-3-2-4-6-19)20-8-10-21(25)11-9-20/h2-12,17,24H,13-16H2,1H3. The number of nitrogens with zero attached hydrogens (tertiary/aromatic N) is 2. The summed E-state index contributed by atoms with van der Waals surface area (Å²) in [7, 11) is -3.74. The zero-order valence-electron chi connectivity index (χ0n) is 17.2. The van der Waals surface area contributed by atoms with E-state index < -0.39 is 15.8 Å². The Morgan fingerprint density at radius 3 is 2.10 bits per heavy atom. The van der Waals surface area contributed by atoms with Crippen molar-refractivity contribution in [1.82, 2.24) is 9.21 Å². The predicted octanol–water partition coefficient (Wildman–Crippen LogP) is 4.88. The monoisotopic (exact) mass is 458 g/mol. The van der Waals surface area contributed by atoms with Crippen LogP contribution in [-0.4, -0.2) is 43.8 Å². The van der Waals surface area contributed by atoms with Gasteiger partial charge in [0.1, 0.15) is 5.82 Å². The Hall–Kier alpha value is -2.25. The van der Waals surface area contributed by atoms with E-state index in [0.717, 1.165) is 17.2 Å². The molecule has 162 valence electrons. The van der Waals surface area contributed by atoms with Crippen molar-refractivity contribution < 1.29 is 12.8 Å². The van der Waals surface area contributed by atoms with Crippen molar-refractivity contribution in [3.63, 3.8) is 0 Å². The Morgan fingerprint density at radius 1 is 0.871 bits per heavy atom. The molecule has 0 bridgehead atoms. The lowest BCUT2D eigenvalue weighted by Gasteiger charge is -2.39. The molecule has 1 fully saturated rings. The van der Waals surface area contributed by atoms with Gasteiger partial charge in [-0.25, -0.2) is 12.8 Å². The molecule has 1 aliphatic heterocycles. The number of halogens is 2. The topological polar surface area (TPSA) is 40.6 Å². The van der Waals surface area contributed by atoms with Crippen LogP contribution in [0.3, 0.4) is 0 Å². The summed E-state index contributed by atoms with van der Waals surface area (Å²) in [6.07, 6.45) is 0. The highest BCUT2D eigenvalue weighted by molar-refractivity contribution is 7.89. The average molecular weight is 459 g/mol. The van der Waals surface area contributed by atoms with E-state index in [4.69, 9.17) is 11.6 Å². The second kappa shape index (κ2) is 9.09. The molecule has 1 heterocycles. The summed E-state index contributed by atoms with van der Waals surface area (Å²) < 4.78 is 41.5. The third kappa shape index (κ3) is 4.67. The number of benzene rings is 3. The van der Waals surface area contributed by atoms with E-state index in [0.29, 0.717) is 36.8 Å². The van der Waals surface area contributed by atoms with Gasteiger partial charge >= 0.3 is 0 Å². The van der Waals surface area contributed by atoms with Crippen molar-refractivity contribution in [3.8, 4) is 0 Å². The molecular weight excluding hydrogens is 435 g/mol. The van der Waals surface area contributed by atoms with Gasteiger partial charge in [-0.05, 0) is 47.9 Å². The van der Waals surface area contributed by atoms with Crippen molar-refractivity contribution in [1.29, 1.82) is 0 Å². The van der Waals surface area contributed by atoms with E-state index in [1.807, 2.05) is 42.5 Å². The van der Waals surface area contributed by atoms with E-state index in [1.165, 1.54) is 16.4 Å². The molecule has 1 aliphatic rings. The minimum atomic E-state index is -3.74. The molecule has 1 saturated heterocycles. The minimum absolute atomic E-state index is 0.000130. The van der Waals surface area contributed by atoms with Gasteiger partial charge in [0.25, 0.3) is 0 Å². The van der Waals surface area contributed by atoms with Gasteiger partial charge in [-0.3, -0.25) is 4.90 Å². The van der Waals surface area contributed by atoms with Crippen LogP contribution in [0.2, 0.25) is 5.02 Å². The summed E-state index contributed by atoms with van der Waals surface area (Å²) >= 11 is 6.08. The predicted molar refractivity (Wildman–Crippen MR) is 121 cm³/mol. The van der Waals surface area contributed by atoms with Crippen molar-refractivity contribution in [2.24, 2.45) is 0 Å². The van der Waals surface area contributed by atoms with Gasteiger partial charge in [0.15, 0.2) is 0 Å². The maximum Gasteiger partial charge on any atom is 0.243 e. The fourth-order valence-electron chi connectivity index (χ4n) is 3.98. The number of rotatable bonds is 5. The van der Waals surface area contributed by atoms with Gasteiger partial charge in [-0.15, -0.1) is 0 Å². The molecular formula is C24H24ClFN2O2S.